The summed E-state index contributed by atoms with van der Waals surface area (Å²) in [6.07, 6.45) is 6.57. The van der Waals surface area contributed by atoms with Gasteiger partial charge in [-0.05, 0) is 115 Å². The van der Waals surface area contributed by atoms with E-state index >= 15 is 0 Å². The summed E-state index contributed by atoms with van der Waals surface area (Å²) in [5.74, 6) is -2.63. The van der Waals surface area contributed by atoms with Crippen LogP contribution in [0.4, 0.5) is 10.7 Å². The van der Waals surface area contributed by atoms with E-state index in [2.05, 4.69) is 10.6 Å². The number of aryl methyl sites for hydroxylation is 3. The number of carbonyl (C=O) groups is 5. The quantitative estimate of drug-likeness (QED) is 0.0780. The van der Waals surface area contributed by atoms with Gasteiger partial charge in [0.25, 0.3) is 11.8 Å². The first kappa shape index (κ1) is 44.2. The van der Waals surface area contributed by atoms with Crippen molar-refractivity contribution in [2.45, 2.75) is 104 Å². The van der Waals surface area contributed by atoms with Crippen molar-refractivity contribution in [2.75, 3.05) is 10.6 Å². The standard InChI is InChI=1S/C44H51N3O7S.Mg.2H/c1-5-34(6-2)47(37(48)25-44(3,4)26-38(49)50)27-30-10-9-11-32(24-30)40(51)46-42-39(35-12-7-8-13-36(35)55-42)41(52)45-33-22-18-29(19-23-33)15-14-28-16-20-31(21-17-28)43(53)54;;;/h9-11,16-24,34H,5-8,12-15,25-27H2,1-4H3,(H,45,52)(H,46,51)(H,49,50)(H,53,54);;;/q;+2;2*-1. The molecular formula is C44H53MgN3O7S. The third-order valence-electron chi connectivity index (χ3n) is 10.2. The largest absolute Gasteiger partial charge is 2.00 e. The number of benzene rings is 3. The van der Waals surface area contributed by atoms with E-state index in [0.717, 1.165) is 78.5 Å². The Morgan fingerprint density at radius 2 is 1.41 bits per heavy atom. The normalized spacial score (nSPS) is 12.3. The van der Waals surface area contributed by atoms with Crippen LogP contribution in [0.1, 0.15) is 127 Å². The van der Waals surface area contributed by atoms with Gasteiger partial charge in [0.2, 0.25) is 5.91 Å². The number of carboxylic acids is 2. The molecule has 3 aromatic carbocycles. The number of hydrogen-bond donors (Lipinski definition) is 4. The fourth-order valence-corrected chi connectivity index (χ4v) is 8.54. The van der Waals surface area contributed by atoms with E-state index in [9.17, 15) is 29.1 Å². The van der Waals surface area contributed by atoms with Crippen LogP contribution in [-0.2, 0) is 41.8 Å². The molecule has 4 N–H and O–H groups in total. The number of nitrogens with zero attached hydrogens (tertiary/aromatic N) is 1. The molecule has 5 rings (SSSR count). The number of aromatic carboxylic acids is 1. The molecule has 0 aliphatic heterocycles. The molecule has 3 amide bonds. The molecule has 1 heterocycles. The smallest absolute Gasteiger partial charge is 1.00 e. The minimum atomic E-state index is -0.949. The third-order valence-corrected chi connectivity index (χ3v) is 11.5. The van der Waals surface area contributed by atoms with E-state index in [-0.39, 0.29) is 74.6 Å². The molecule has 0 bridgehead atoms. The van der Waals surface area contributed by atoms with Gasteiger partial charge < -0.3 is 28.6 Å². The molecule has 12 heteroatoms. The van der Waals surface area contributed by atoms with Crippen molar-refractivity contribution in [1.82, 2.24) is 4.90 Å². The molecule has 0 atom stereocenters. The molecule has 56 heavy (non-hydrogen) atoms. The predicted molar refractivity (Wildman–Crippen MR) is 224 cm³/mol. The fraction of sp³-hybridized carbons (Fsp3) is 0.386. The van der Waals surface area contributed by atoms with Gasteiger partial charge in [0, 0.05) is 35.1 Å². The number of nitrogens with one attached hydrogen (secondary N) is 2. The van der Waals surface area contributed by atoms with Gasteiger partial charge in [-0.3, -0.25) is 19.2 Å². The first-order valence-electron chi connectivity index (χ1n) is 19.1. The molecule has 0 radical (unpaired) electrons. The summed E-state index contributed by atoms with van der Waals surface area (Å²) in [7, 11) is 0. The van der Waals surface area contributed by atoms with Crippen LogP contribution in [0.3, 0.4) is 0 Å². The molecule has 294 valence electrons. The van der Waals surface area contributed by atoms with Gasteiger partial charge in [-0.1, -0.05) is 64.1 Å². The maximum Gasteiger partial charge on any atom is 2.00 e. The van der Waals surface area contributed by atoms with E-state index in [4.69, 9.17) is 5.11 Å². The van der Waals surface area contributed by atoms with Crippen molar-refractivity contribution >= 4 is 74.7 Å². The van der Waals surface area contributed by atoms with Gasteiger partial charge in [-0.15, -0.1) is 11.3 Å². The number of carbonyl (C=O) groups excluding carboxylic acids is 3. The molecule has 1 aliphatic carbocycles. The summed E-state index contributed by atoms with van der Waals surface area (Å²) < 4.78 is 0. The number of anilines is 2. The summed E-state index contributed by atoms with van der Waals surface area (Å²) in [5.41, 5.74) is 4.98. The van der Waals surface area contributed by atoms with Crippen molar-refractivity contribution in [3.05, 3.63) is 117 Å². The van der Waals surface area contributed by atoms with E-state index in [1.54, 1.807) is 44.2 Å². The van der Waals surface area contributed by atoms with Crippen molar-refractivity contribution in [1.29, 1.82) is 0 Å². The van der Waals surface area contributed by atoms with Crippen LogP contribution < -0.4 is 10.6 Å². The molecule has 0 unspecified atom stereocenters. The van der Waals surface area contributed by atoms with Crippen molar-refractivity contribution in [2.24, 2.45) is 5.41 Å². The number of thiophene rings is 1. The van der Waals surface area contributed by atoms with Crippen LogP contribution in [0.2, 0.25) is 0 Å². The maximum absolute atomic E-state index is 13.9. The van der Waals surface area contributed by atoms with E-state index in [1.807, 2.05) is 61.2 Å². The maximum atomic E-state index is 13.9. The zero-order valence-electron chi connectivity index (χ0n) is 34.8. The Kier molecular flexibility index (Phi) is 15.8. The van der Waals surface area contributed by atoms with Gasteiger partial charge in [-0.2, -0.15) is 0 Å². The van der Waals surface area contributed by atoms with Gasteiger partial charge >= 0.3 is 35.0 Å². The number of aliphatic carboxylic acids is 1. The molecule has 1 aromatic heterocycles. The zero-order chi connectivity index (χ0) is 39.7. The number of hydrogen-bond acceptors (Lipinski definition) is 6. The minimum absolute atomic E-state index is 0. The van der Waals surface area contributed by atoms with Crippen LogP contribution in [0, 0.1) is 5.41 Å². The van der Waals surface area contributed by atoms with Crippen molar-refractivity contribution in [3.63, 3.8) is 0 Å². The number of fused-ring (bicyclic) bond motifs is 1. The average Bonchev–Trinajstić information content (AvgIpc) is 3.52. The topological polar surface area (TPSA) is 153 Å². The molecule has 1 aliphatic rings. The Bertz CT molecular complexity index is 2030. The summed E-state index contributed by atoms with van der Waals surface area (Å²) >= 11 is 1.45. The molecular weight excluding hydrogens is 739 g/mol. The van der Waals surface area contributed by atoms with Crippen LogP contribution in [-0.4, -0.2) is 73.9 Å². The number of rotatable bonds is 17. The second-order valence-electron chi connectivity index (χ2n) is 15.1. The second kappa shape index (κ2) is 20.1. The molecule has 0 saturated heterocycles. The monoisotopic (exact) mass is 791 g/mol. The Labute approximate surface area is 352 Å². The Morgan fingerprint density at radius 3 is 2.02 bits per heavy atom. The van der Waals surface area contributed by atoms with Crippen LogP contribution in [0.5, 0.6) is 0 Å². The second-order valence-corrected chi connectivity index (χ2v) is 16.2. The molecule has 4 aromatic rings. The Hall–Kier alpha value is -4.52. The zero-order valence-corrected chi connectivity index (χ0v) is 35.0. The summed E-state index contributed by atoms with van der Waals surface area (Å²) in [4.78, 5) is 66.8. The summed E-state index contributed by atoms with van der Waals surface area (Å²) in [6, 6.07) is 21.7. The van der Waals surface area contributed by atoms with Gasteiger partial charge in [0.1, 0.15) is 5.00 Å². The van der Waals surface area contributed by atoms with E-state index in [1.165, 1.54) is 11.3 Å². The van der Waals surface area contributed by atoms with E-state index < -0.39 is 17.4 Å². The summed E-state index contributed by atoms with van der Waals surface area (Å²) in [6.45, 7) is 7.92. The van der Waals surface area contributed by atoms with Gasteiger partial charge in [0.15, 0.2) is 0 Å². The van der Waals surface area contributed by atoms with Crippen molar-refractivity contribution in [3.8, 4) is 0 Å². The molecule has 0 saturated carbocycles. The molecule has 10 nitrogen and oxygen atoms in total. The SMILES string of the molecule is CCC(CC)N(Cc1cccc(C(=O)Nc2sc3c(c2C(=O)Nc2ccc(CCc4ccc(C(=O)O)cc4)cc2)CCCC3)c1)C(=O)CC(C)(C)CC(=O)O.[H-].[H-].[Mg+2]. The first-order valence-corrected chi connectivity index (χ1v) is 19.9. The summed E-state index contributed by atoms with van der Waals surface area (Å²) in [5, 5.41) is 25.1. The molecule has 0 fully saturated rings. The number of carboxylic acid groups (broad SMARTS) is 2. The Balaban J connectivity index is 0.00000387. The van der Waals surface area contributed by atoms with Gasteiger partial charge in [-0.25, -0.2) is 4.79 Å². The molecule has 0 spiro atoms. The fourth-order valence-electron chi connectivity index (χ4n) is 7.26. The first-order chi connectivity index (χ1) is 26.3. The number of amides is 3. The van der Waals surface area contributed by atoms with E-state index in [0.29, 0.717) is 21.8 Å². The van der Waals surface area contributed by atoms with Crippen LogP contribution >= 0.6 is 11.3 Å². The van der Waals surface area contributed by atoms with Gasteiger partial charge in [0.05, 0.1) is 17.5 Å². The van der Waals surface area contributed by atoms with Crippen LogP contribution in [0.15, 0.2) is 72.8 Å². The average molecular weight is 792 g/mol. The van der Waals surface area contributed by atoms with Crippen LogP contribution in [0.25, 0.3) is 0 Å². The third kappa shape index (κ3) is 11.7. The Morgan fingerprint density at radius 1 is 0.786 bits per heavy atom. The minimum Gasteiger partial charge on any atom is -1.00 e. The van der Waals surface area contributed by atoms with Crippen molar-refractivity contribution < 1.29 is 37.0 Å². The predicted octanol–water partition coefficient (Wildman–Crippen LogP) is 8.87.